The zero-order valence-electron chi connectivity index (χ0n) is 11.4. The van der Waals surface area contributed by atoms with Crippen LogP contribution >= 0.6 is 15.9 Å². The number of halogens is 1. The first-order chi connectivity index (χ1) is 10.6. The minimum absolute atomic E-state index is 0.217. The molecule has 4 nitrogen and oxygen atoms in total. The van der Waals surface area contributed by atoms with Gasteiger partial charge in [-0.25, -0.2) is 0 Å². The summed E-state index contributed by atoms with van der Waals surface area (Å²) in [6.45, 7) is 0. The van der Waals surface area contributed by atoms with Crippen LogP contribution in [0.2, 0.25) is 0 Å². The van der Waals surface area contributed by atoms with Gasteiger partial charge in [-0.15, -0.1) is 0 Å². The summed E-state index contributed by atoms with van der Waals surface area (Å²) in [4.78, 5) is 12.3. The molecule has 5 heteroatoms. The Bertz CT molecular complexity index is 923. The summed E-state index contributed by atoms with van der Waals surface area (Å²) in [5.74, 6) is 0.283. The molecule has 3 N–H and O–H groups in total. The Morgan fingerprint density at radius 1 is 1.14 bits per heavy atom. The van der Waals surface area contributed by atoms with Gasteiger partial charge < -0.3 is 15.5 Å². The van der Waals surface area contributed by atoms with Gasteiger partial charge in [-0.2, -0.15) is 0 Å². The first-order valence-electron chi connectivity index (χ1n) is 6.73. The number of hydrogen-bond acceptors (Lipinski definition) is 3. The van der Waals surface area contributed by atoms with Crippen molar-refractivity contribution in [1.29, 1.82) is 0 Å². The highest BCUT2D eigenvalue weighted by molar-refractivity contribution is 9.10. The van der Waals surface area contributed by atoms with Crippen molar-refractivity contribution in [2.75, 3.05) is 5.32 Å². The molecule has 1 aromatic heterocycles. The maximum absolute atomic E-state index is 12.3. The third-order valence-electron chi connectivity index (χ3n) is 3.69. The number of benzene rings is 2. The molecule has 4 rings (SSSR count). The molecular weight excluding hydrogens is 344 g/mol. The minimum atomic E-state index is -0.217. The molecule has 0 fully saturated rings. The van der Waals surface area contributed by atoms with Crippen LogP contribution in [0.4, 0.5) is 5.69 Å². The Balaban J connectivity index is 1.93. The Morgan fingerprint density at radius 3 is 2.77 bits per heavy atom. The molecule has 0 unspecified atom stereocenters. The van der Waals surface area contributed by atoms with E-state index in [1.54, 1.807) is 0 Å². The molecule has 108 valence electrons. The highest BCUT2D eigenvalue weighted by Gasteiger charge is 2.28. The monoisotopic (exact) mass is 354 g/mol. The van der Waals surface area contributed by atoms with Gasteiger partial charge >= 0.3 is 0 Å². The van der Waals surface area contributed by atoms with Crippen LogP contribution in [0.15, 0.2) is 57.4 Å². The first kappa shape index (κ1) is 13.2. The molecule has 0 aliphatic carbocycles. The van der Waals surface area contributed by atoms with Crippen LogP contribution in [0.3, 0.4) is 0 Å². The van der Waals surface area contributed by atoms with Crippen LogP contribution < -0.4 is 11.1 Å². The Hall–Kier alpha value is -2.53. The molecule has 0 atom stereocenters. The van der Waals surface area contributed by atoms with Gasteiger partial charge in [-0.1, -0.05) is 34.1 Å². The lowest BCUT2D eigenvalue weighted by atomic mass is 10.0. The van der Waals surface area contributed by atoms with Gasteiger partial charge in [0, 0.05) is 21.1 Å². The molecule has 0 saturated heterocycles. The van der Waals surface area contributed by atoms with E-state index in [9.17, 15) is 4.79 Å². The van der Waals surface area contributed by atoms with E-state index in [4.69, 9.17) is 10.2 Å². The number of carbonyl (C=O) groups excluding carboxylic acids is 1. The lowest BCUT2D eigenvalue weighted by Crippen LogP contribution is -2.09. The highest BCUT2D eigenvalue weighted by atomic mass is 79.9. The molecule has 0 bridgehead atoms. The molecule has 1 amide bonds. The predicted molar refractivity (Wildman–Crippen MR) is 90.0 cm³/mol. The first-order valence-corrected chi connectivity index (χ1v) is 7.53. The zero-order chi connectivity index (χ0) is 15.3. The zero-order valence-corrected chi connectivity index (χ0v) is 13.0. The van der Waals surface area contributed by atoms with Gasteiger partial charge in [0.05, 0.1) is 11.3 Å². The van der Waals surface area contributed by atoms with E-state index in [0.29, 0.717) is 17.0 Å². The van der Waals surface area contributed by atoms with Crippen LogP contribution in [0.1, 0.15) is 11.3 Å². The van der Waals surface area contributed by atoms with Gasteiger partial charge in [0.1, 0.15) is 5.58 Å². The molecule has 22 heavy (non-hydrogen) atoms. The van der Waals surface area contributed by atoms with Crippen LogP contribution in [0.5, 0.6) is 0 Å². The van der Waals surface area contributed by atoms with Crippen molar-refractivity contribution >= 4 is 49.8 Å². The second-order valence-corrected chi connectivity index (χ2v) is 6.00. The standard InChI is InChI=1S/C17H11BrN2O2/c18-10-5-6-12-11(8-10)15(17(21)20-12)16(19)14-7-9-3-1-2-4-13(9)22-14/h1-8H,19H2,(H,20,21)/b16-15-. The topological polar surface area (TPSA) is 68.3 Å². The fourth-order valence-electron chi connectivity index (χ4n) is 2.64. The van der Waals surface area contributed by atoms with E-state index in [2.05, 4.69) is 21.2 Å². The highest BCUT2D eigenvalue weighted by Crippen LogP contribution is 2.37. The number of fused-ring (bicyclic) bond motifs is 2. The van der Waals surface area contributed by atoms with Crippen LogP contribution in [0, 0.1) is 0 Å². The number of carbonyl (C=O) groups is 1. The van der Waals surface area contributed by atoms with E-state index >= 15 is 0 Å². The minimum Gasteiger partial charge on any atom is -0.455 e. The number of rotatable bonds is 1. The smallest absolute Gasteiger partial charge is 0.258 e. The molecular formula is C17H11BrN2O2. The Labute approximate surface area is 134 Å². The third kappa shape index (κ3) is 1.94. The quantitative estimate of drug-likeness (QED) is 0.649. The molecule has 1 aliphatic rings. The Morgan fingerprint density at radius 2 is 1.95 bits per heavy atom. The average Bonchev–Trinajstić information content (AvgIpc) is 3.06. The van der Waals surface area contributed by atoms with E-state index < -0.39 is 0 Å². The van der Waals surface area contributed by atoms with Crippen molar-refractivity contribution in [1.82, 2.24) is 0 Å². The fraction of sp³-hybridized carbons (Fsp3) is 0. The fourth-order valence-corrected chi connectivity index (χ4v) is 3.01. The van der Waals surface area contributed by atoms with Crippen molar-refractivity contribution in [3.63, 3.8) is 0 Å². The van der Waals surface area contributed by atoms with Gasteiger partial charge in [-0.05, 0) is 30.3 Å². The van der Waals surface area contributed by atoms with E-state index in [0.717, 1.165) is 26.7 Å². The largest absolute Gasteiger partial charge is 0.455 e. The number of para-hydroxylation sites is 1. The van der Waals surface area contributed by atoms with Crippen LogP contribution in [-0.4, -0.2) is 5.91 Å². The normalized spacial score (nSPS) is 15.8. The summed E-state index contributed by atoms with van der Waals surface area (Å²) in [6, 6.07) is 15.1. The van der Waals surface area contributed by atoms with E-state index in [1.807, 2.05) is 48.5 Å². The van der Waals surface area contributed by atoms with Gasteiger partial charge in [0.25, 0.3) is 5.91 Å². The molecule has 0 spiro atoms. The van der Waals surface area contributed by atoms with Crippen molar-refractivity contribution in [3.05, 3.63) is 64.3 Å². The molecule has 1 aliphatic heterocycles. The lowest BCUT2D eigenvalue weighted by molar-refractivity contribution is -0.110. The third-order valence-corrected chi connectivity index (χ3v) is 4.18. The predicted octanol–water partition coefficient (Wildman–Crippen LogP) is 3.97. The SMILES string of the molecule is N/C(=C1\C(=O)Nc2ccc(Br)cc21)c1cc2ccccc2o1. The number of amides is 1. The van der Waals surface area contributed by atoms with Crippen molar-refractivity contribution in [2.45, 2.75) is 0 Å². The number of furan rings is 1. The number of hydrogen-bond donors (Lipinski definition) is 2. The maximum Gasteiger partial charge on any atom is 0.258 e. The number of nitrogens with two attached hydrogens (primary N) is 1. The summed E-state index contributed by atoms with van der Waals surface area (Å²) >= 11 is 3.42. The molecule has 0 saturated carbocycles. The second kappa shape index (κ2) is 4.74. The molecule has 3 aromatic rings. The summed E-state index contributed by atoms with van der Waals surface area (Å²) in [7, 11) is 0. The summed E-state index contributed by atoms with van der Waals surface area (Å²) in [6.07, 6.45) is 0. The van der Waals surface area contributed by atoms with E-state index in [-0.39, 0.29) is 5.91 Å². The van der Waals surface area contributed by atoms with Gasteiger partial charge in [0.2, 0.25) is 0 Å². The lowest BCUT2D eigenvalue weighted by Gasteiger charge is -2.03. The van der Waals surface area contributed by atoms with Crippen molar-refractivity contribution < 1.29 is 9.21 Å². The maximum atomic E-state index is 12.3. The summed E-state index contributed by atoms with van der Waals surface area (Å²) in [5, 5.41) is 3.77. The van der Waals surface area contributed by atoms with Crippen LogP contribution in [0.25, 0.3) is 22.2 Å². The van der Waals surface area contributed by atoms with Gasteiger partial charge in [0.15, 0.2) is 5.76 Å². The average molecular weight is 355 g/mol. The molecule has 2 heterocycles. The number of anilines is 1. The number of nitrogens with one attached hydrogen (secondary N) is 1. The summed E-state index contributed by atoms with van der Waals surface area (Å²) < 4.78 is 6.65. The Kier molecular flexibility index (Phi) is 2.84. The molecule has 0 radical (unpaired) electrons. The van der Waals surface area contributed by atoms with Crippen molar-refractivity contribution in [2.24, 2.45) is 5.73 Å². The van der Waals surface area contributed by atoms with Crippen molar-refractivity contribution in [3.8, 4) is 0 Å². The second-order valence-electron chi connectivity index (χ2n) is 5.08. The summed E-state index contributed by atoms with van der Waals surface area (Å²) in [5.41, 5.74) is 9.28. The van der Waals surface area contributed by atoms with Crippen LogP contribution in [-0.2, 0) is 4.79 Å². The van der Waals surface area contributed by atoms with E-state index in [1.165, 1.54) is 0 Å². The molecule has 2 aromatic carbocycles. The van der Waals surface area contributed by atoms with Gasteiger partial charge in [-0.3, -0.25) is 4.79 Å².